The van der Waals surface area contributed by atoms with Gasteiger partial charge in [-0.15, -0.1) is 23.2 Å². The van der Waals surface area contributed by atoms with Gasteiger partial charge in [-0.2, -0.15) is 0 Å². The van der Waals surface area contributed by atoms with Crippen LogP contribution in [-0.2, 0) is 20.0 Å². The number of hydrogen-bond donors (Lipinski definition) is 2. The van der Waals surface area contributed by atoms with Crippen LogP contribution in [0.3, 0.4) is 0 Å². The number of nitrogens with zero attached hydrogens (tertiary/aromatic N) is 4. The van der Waals surface area contributed by atoms with Crippen molar-refractivity contribution in [1.82, 2.24) is 14.5 Å². The molecule has 3 N–H and O–H groups in total. The molecule has 1 aliphatic heterocycles. The van der Waals surface area contributed by atoms with Gasteiger partial charge >= 0.3 is 0 Å². The van der Waals surface area contributed by atoms with E-state index in [2.05, 4.69) is 44.9 Å². The number of carbonyl (C=O) groups excluding carboxylic acids is 1. The number of aromatic nitrogens is 2. The summed E-state index contributed by atoms with van der Waals surface area (Å²) in [5, 5.41) is 2.88. The molecule has 4 aromatic rings. The van der Waals surface area contributed by atoms with Gasteiger partial charge in [-0.3, -0.25) is 9.69 Å². The zero-order chi connectivity index (χ0) is 27.4. The second-order valence-electron chi connectivity index (χ2n) is 10.1. The molecule has 1 aliphatic rings. The fraction of sp³-hybridized carbons (Fsp3) is 0.333. The summed E-state index contributed by atoms with van der Waals surface area (Å²) in [6.07, 6.45) is 0.993. The molecule has 1 amide bonds. The molecular weight excluding hydrogens is 531 g/mol. The van der Waals surface area contributed by atoms with Crippen molar-refractivity contribution >= 4 is 57.2 Å². The van der Waals surface area contributed by atoms with E-state index in [1.165, 1.54) is 5.56 Å². The number of likely N-dealkylation sites (tertiary alicyclic amines) is 1. The highest BCUT2D eigenvalue weighted by Crippen LogP contribution is 2.26. The molecule has 9 heteroatoms. The fourth-order valence-electron chi connectivity index (χ4n) is 5.22. The first-order valence-corrected chi connectivity index (χ1v) is 14.3. The van der Waals surface area contributed by atoms with E-state index >= 15 is 0 Å². The van der Waals surface area contributed by atoms with Gasteiger partial charge in [0.25, 0.3) is 5.91 Å². The van der Waals surface area contributed by atoms with Crippen molar-refractivity contribution in [2.45, 2.75) is 13.0 Å². The quantitative estimate of drug-likeness (QED) is 0.189. The van der Waals surface area contributed by atoms with E-state index in [0.29, 0.717) is 34.6 Å². The molecule has 204 valence electrons. The Morgan fingerprint density at radius 1 is 1.05 bits per heavy atom. The molecule has 0 atom stereocenters. The number of amides is 1. The van der Waals surface area contributed by atoms with Crippen LogP contribution in [-0.4, -0.2) is 58.3 Å². The van der Waals surface area contributed by atoms with Gasteiger partial charge in [-0.05, 0) is 60.4 Å². The highest BCUT2D eigenvalue weighted by Gasteiger charge is 2.28. The molecule has 0 aliphatic carbocycles. The highest BCUT2D eigenvalue weighted by molar-refractivity contribution is 6.18. The summed E-state index contributed by atoms with van der Waals surface area (Å²) < 4.78 is 2.19. The Hall–Kier alpha value is -3.26. The molecule has 39 heavy (non-hydrogen) atoms. The number of fused-ring (bicyclic) bond motifs is 1. The number of imidazole rings is 1. The van der Waals surface area contributed by atoms with Crippen LogP contribution >= 0.6 is 23.2 Å². The van der Waals surface area contributed by atoms with E-state index in [-0.39, 0.29) is 5.91 Å². The van der Waals surface area contributed by atoms with Crippen LogP contribution in [0.1, 0.15) is 21.7 Å². The lowest BCUT2D eigenvalue weighted by atomic mass is 9.92. The number of aryl methyl sites for hydroxylation is 1. The Morgan fingerprint density at radius 2 is 1.77 bits per heavy atom. The summed E-state index contributed by atoms with van der Waals surface area (Å²) in [6, 6.07) is 21.5. The first-order chi connectivity index (χ1) is 18.9. The maximum absolute atomic E-state index is 12.6. The van der Waals surface area contributed by atoms with Gasteiger partial charge < -0.3 is 20.5 Å². The summed E-state index contributed by atoms with van der Waals surface area (Å²) in [6.45, 7) is 4.40. The van der Waals surface area contributed by atoms with Gasteiger partial charge in [0, 0.05) is 56.2 Å². The second kappa shape index (κ2) is 12.3. The number of nitrogen functional groups attached to an aromatic ring is 1. The molecule has 0 saturated carbocycles. The van der Waals surface area contributed by atoms with Gasteiger partial charge in [-0.25, -0.2) is 4.98 Å². The first-order valence-electron chi connectivity index (χ1n) is 13.2. The average molecular weight is 566 g/mol. The average Bonchev–Trinajstić information content (AvgIpc) is 3.23. The first kappa shape index (κ1) is 27.3. The topological polar surface area (TPSA) is 79.4 Å². The number of hydrogen-bond acceptors (Lipinski definition) is 5. The number of nitrogens with two attached hydrogens (primary N) is 1. The number of carbonyl (C=O) groups is 1. The number of halogens is 2. The van der Waals surface area contributed by atoms with Crippen molar-refractivity contribution in [3.05, 3.63) is 83.7 Å². The van der Waals surface area contributed by atoms with Crippen LogP contribution in [0.5, 0.6) is 0 Å². The zero-order valence-corrected chi connectivity index (χ0v) is 23.6. The van der Waals surface area contributed by atoms with Crippen LogP contribution in [0.2, 0.25) is 0 Å². The number of nitrogens with one attached hydrogen (secondary N) is 1. The largest absolute Gasteiger partial charge is 0.397 e. The number of benzene rings is 3. The predicted octanol–water partition coefficient (Wildman–Crippen LogP) is 5.37. The summed E-state index contributed by atoms with van der Waals surface area (Å²) in [7, 11) is 2.08. The summed E-state index contributed by atoms with van der Waals surface area (Å²) in [5.41, 5.74) is 12.2. The third-order valence-corrected chi connectivity index (χ3v) is 7.72. The lowest BCUT2D eigenvalue weighted by Gasteiger charge is -2.39. The minimum atomic E-state index is -0.158. The van der Waals surface area contributed by atoms with Crippen LogP contribution in [0.4, 0.5) is 17.1 Å². The predicted molar refractivity (Wildman–Crippen MR) is 162 cm³/mol. The van der Waals surface area contributed by atoms with E-state index in [1.54, 1.807) is 12.1 Å². The normalized spacial score (nSPS) is 13.9. The Kier molecular flexibility index (Phi) is 8.60. The molecule has 1 fully saturated rings. The van der Waals surface area contributed by atoms with Crippen molar-refractivity contribution in [3.63, 3.8) is 0 Å². The number of para-hydroxylation sites is 2. The van der Waals surface area contributed by atoms with Gasteiger partial charge in [-0.1, -0.05) is 24.3 Å². The van der Waals surface area contributed by atoms with Gasteiger partial charge in [0.1, 0.15) is 5.82 Å². The Labute approximate surface area is 239 Å². The molecule has 0 unspecified atom stereocenters. The molecule has 2 heterocycles. The molecule has 3 aromatic carbocycles. The maximum Gasteiger partial charge on any atom is 0.255 e. The van der Waals surface area contributed by atoms with Gasteiger partial charge in [0.2, 0.25) is 0 Å². The Bertz CT molecular complexity index is 1430. The van der Waals surface area contributed by atoms with Gasteiger partial charge in [0.05, 0.1) is 29.0 Å². The van der Waals surface area contributed by atoms with Crippen LogP contribution in [0, 0.1) is 5.92 Å². The highest BCUT2D eigenvalue weighted by atomic mass is 35.5. The number of rotatable bonds is 11. The maximum atomic E-state index is 12.6. The third-order valence-electron chi connectivity index (χ3n) is 7.38. The second-order valence-corrected chi connectivity index (χ2v) is 10.9. The van der Waals surface area contributed by atoms with E-state index in [4.69, 9.17) is 33.9 Å². The summed E-state index contributed by atoms with van der Waals surface area (Å²) in [4.78, 5) is 22.2. The Morgan fingerprint density at radius 3 is 2.46 bits per heavy atom. The monoisotopic (exact) mass is 564 g/mol. The Balaban J connectivity index is 1.14. The van der Waals surface area contributed by atoms with E-state index < -0.39 is 0 Å². The molecule has 1 aromatic heterocycles. The smallest absolute Gasteiger partial charge is 0.255 e. The van der Waals surface area contributed by atoms with Crippen LogP contribution in [0.15, 0.2) is 66.7 Å². The van der Waals surface area contributed by atoms with E-state index in [1.807, 2.05) is 36.4 Å². The molecule has 0 radical (unpaired) electrons. The van der Waals surface area contributed by atoms with Gasteiger partial charge in [0.15, 0.2) is 0 Å². The molecule has 1 saturated heterocycles. The zero-order valence-electron chi connectivity index (χ0n) is 22.1. The molecule has 0 spiro atoms. The molecule has 0 bridgehead atoms. The fourth-order valence-corrected chi connectivity index (χ4v) is 5.62. The standard InChI is InChI=1S/C30H34Cl2N6O/c1-36-28-11-10-24(38(14-12-31)15-13-32)17-27(28)34-29(36)20-37-18-22(19-37)16-21-6-8-23(9-7-21)30(39)35-26-5-3-2-4-25(26)33/h2-11,17,22H,12-16,18-20,33H2,1H3,(H,35,39). The molecule has 7 nitrogen and oxygen atoms in total. The minimum Gasteiger partial charge on any atom is -0.397 e. The van der Waals surface area contributed by atoms with Crippen molar-refractivity contribution in [2.75, 3.05) is 53.9 Å². The minimum absolute atomic E-state index is 0.158. The van der Waals surface area contributed by atoms with Crippen LogP contribution in [0.25, 0.3) is 11.0 Å². The van der Waals surface area contributed by atoms with Crippen molar-refractivity contribution in [2.24, 2.45) is 13.0 Å². The van der Waals surface area contributed by atoms with E-state index in [0.717, 1.165) is 61.7 Å². The van der Waals surface area contributed by atoms with Crippen molar-refractivity contribution in [3.8, 4) is 0 Å². The van der Waals surface area contributed by atoms with Crippen molar-refractivity contribution < 1.29 is 4.79 Å². The number of anilines is 3. The third kappa shape index (κ3) is 6.32. The summed E-state index contributed by atoms with van der Waals surface area (Å²) in [5.74, 6) is 2.62. The van der Waals surface area contributed by atoms with E-state index in [9.17, 15) is 4.79 Å². The molecule has 5 rings (SSSR count). The summed E-state index contributed by atoms with van der Waals surface area (Å²) >= 11 is 12.0. The SMILES string of the molecule is Cn1c(CN2CC(Cc3ccc(C(=O)Nc4ccccc4N)cc3)C2)nc2cc(N(CCCl)CCCl)ccc21. The lowest BCUT2D eigenvalue weighted by molar-refractivity contribution is 0.0889. The molecular formula is C30H34Cl2N6O. The van der Waals surface area contributed by atoms with Crippen molar-refractivity contribution in [1.29, 1.82) is 0 Å². The number of alkyl halides is 2. The lowest BCUT2D eigenvalue weighted by Crippen LogP contribution is -2.47. The van der Waals surface area contributed by atoms with Crippen LogP contribution < -0.4 is 16.0 Å².